The topological polar surface area (TPSA) is 96.0 Å². The summed E-state index contributed by atoms with van der Waals surface area (Å²) in [6, 6.07) is 23.0. The van der Waals surface area contributed by atoms with Crippen molar-refractivity contribution in [2.75, 3.05) is 10.6 Å². The Bertz CT molecular complexity index is 1580. The first-order valence-corrected chi connectivity index (χ1v) is 15.1. The largest absolute Gasteiger partial charge is 0.349 e. The molecule has 1 heterocycles. The highest BCUT2D eigenvalue weighted by atomic mass is 16.2. The number of amides is 2. The number of rotatable bonds is 7. The van der Waals surface area contributed by atoms with Crippen LogP contribution in [0.3, 0.4) is 0 Å². The van der Waals surface area contributed by atoms with Gasteiger partial charge in [-0.2, -0.15) is 0 Å². The molecule has 3 aromatic carbocycles. The Morgan fingerprint density at radius 1 is 0.814 bits per heavy atom. The Morgan fingerprint density at radius 3 is 2.14 bits per heavy atom. The molecule has 1 saturated carbocycles. The van der Waals surface area contributed by atoms with E-state index in [4.69, 9.17) is 4.98 Å². The Kier molecular flexibility index (Phi) is 8.90. The van der Waals surface area contributed by atoms with Gasteiger partial charge in [0.1, 0.15) is 0 Å². The normalized spacial score (nSPS) is 16.8. The molecule has 2 amide bonds. The van der Waals surface area contributed by atoms with Crippen molar-refractivity contribution in [1.82, 2.24) is 15.3 Å². The highest BCUT2D eigenvalue weighted by Crippen LogP contribution is 2.29. The van der Waals surface area contributed by atoms with Crippen molar-refractivity contribution >= 4 is 29.1 Å². The second-order valence-corrected chi connectivity index (χ2v) is 12.7. The number of carbonyl (C=O) groups is 2. The lowest BCUT2D eigenvalue weighted by molar-refractivity contribution is 0.0922. The lowest BCUT2D eigenvalue weighted by Crippen LogP contribution is -2.37. The molecule has 0 unspecified atom stereocenters. The Hall–Kier alpha value is -4.52. The third-order valence-electron chi connectivity index (χ3n) is 8.28. The van der Waals surface area contributed by atoms with E-state index in [-0.39, 0.29) is 23.3 Å². The van der Waals surface area contributed by atoms with Crippen LogP contribution < -0.4 is 16.0 Å². The van der Waals surface area contributed by atoms with E-state index in [0.29, 0.717) is 17.1 Å². The van der Waals surface area contributed by atoms with Crippen LogP contribution >= 0.6 is 0 Å². The molecule has 1 aromatic heterocycles. The van der Waals surface area contributed by atoms with Crippen LogP contribution in [0.15, 0.2) is 79.0 Å². The van der Waals surface area contributed by atoms with Crippen LogP contribution in [0.1, 0.15) is 85.2 Å². The van der Waals surface area contributed by atoms with Gasteiger partial charge in [0.15, 0.2) is 0 Å². The third kappa shape index (κ3) is 7.47. The van der Waals surface area contributed by atoms with Gasteiger partial charge in [0.2, 0.25) is 5.95 Å². The highest BCUT2D eigenvalue weighted by molar-refractivity contribution is 6.05. The summed E-state index contributed by atoms with van der Waals surface area (Å²) in [6.07, 6.45) is 6.12. The Morgan fingerprint density at radius 2 is 1.47 bits per heavy atom. The Balaban J connectivity index is 1.25. The fourth-order valence-corrected chi connectivity index (χ4v) is 5.44. The number of anilines is 3. The fraction of sp³-hybridized carbons (Fsp3) is 0.333. The SMILES string of the molecule is Cc1c(NC(=O)c2ccc(C(C)(C)C)cc2)cccc1-c1ccnc(Nc2ccc(C(=O)NC3CCC(C)CC3)cc2)n1. The van der Waals surface area contributed by atoms with Crippen molar-refractivity contribution in [3.63, 3.8) is 0 Å². The number of hydrogen-bond acceptors (Lipinski definition) is 5. The molecule has 7 heteroatoms. The van der Waals surface area contributed by atoms with E-state index in [1.54, 1.807) is 6.20 Å². The lowest BCUT2D eigenvalue weighted by atomic mass is 9.86. The monoisotopic (exact) mass is 575 g/mol. The van der Waals surface area contributed by atoms with Gasteiger partial charge < -0.3 is 16.0 Å². The van der Waals surface area contributed by atoms with E-state index in [9.17, 15) is 9.59 Å². The highest BCUT2D eigenvalue weighted by Gasteiger charge is 2.20. The fourth-order valence-electron chi connectivity index (χ4n) is 5.44. The molecule has 1 aliphatic carbocycles. The van der Waals surface area contributed by atoms with Crippen molar-refractivity contribution in [3.8, 4) is 11.3 Å². The molecular formula is C36H41N5O2. The van der Waals surface area contributed by atoms with E-state index in [1.165, 1.54) is 5.56 Å². The molecule has 1 fully saturated rings. The first-order chi connectivity index (χ1) is 20.6. The van der Waals surface area contributed by atoms with Gasteiger partial charge >= 0.3 is 0 Å². The van der Waals surface area contributed by atoms with Crippen LogP contribution in [-0.2, 0) is 5.41 Å². The van der Waals surface area contributed by atoms with E-state index in [1.807, 2.05) is 79.7 Å². The zero-order chi connectivity index (χ0) is 30.6. The maximum atomic E-state index is 13.0. The van der Waals surface area contributed by atoms with Crippen molar-refractivity contribution in [3.05, 3.63) is 101 Å². The molecule has 222 valence electrons. The van der Waals surface area contributed by atoms with Crippen molar-refractivity contribution in [2.45, 2.75) is 71.8 Å². The smallest absolute Gasteiger partial charge is 0.255 e. The molecule has 0 radical (unpaired) electrons. The van der Waals surface area contributed by atoms with Gasteiger partial charge in [0.25, 0.3) is 11.8 Å². The van der Waals surface area contributed by atoms with Gasteiger partial charge in [0.05, 0.1) is 5.69 Å². The van der Waals surface area contributed by atoms with Gasteiger partial charge in [-0.1, -0.05) is 52.0 Å². The number of nitrogens with one attached hydrogen (secondary N) is 3. The van der Waals surface area contributed by atoms with Gasteiger partial charge in [-0.25, -0.2) is 9.97 Å². The second kappa shape index (κ2) is 12.8. The van der Waals surface area contributed by atoms with Crippen molar-refractivity contribution < 1.29 is 9.59 Å². The number of nitrogens with zero attached hydrogens (tertiary/aromatic N) is 2. The van der Waals surface area contributed by atoms with Crippen molar-refractivity contribution in [2.24, 2.45) is 5.92 Å². The van der Waals surface area contributed by atoms with Crippen LogP contribution in [0.2, 0.25) is 0 Å². The van der Waals surface area contributed by atoms with Gasteiger partial charge in [0, 0.05) is 40.3 Å². The second-order valence-electron chi connectivity index (χ2n) is 12.7. The molecule has 0 bridgehead atoms. The van der Waals surface area contributed by atoms with Gasteiger partial charge in [-0.15, -0.1) is 0 Å². The quantitative estimate of drug-likeness (QED) is 0.207. The van der Waals surface area contributed by atoms with E-state index in [2.05, 4.69) is 48.6 Å². The van der Waals surface area contributed by atoms with E-state index < -0.39 is 0 Å². The zero-order valence-electron chi connectivity index (χ0n) is 25.7. The van der Waals surface area contributed by atoms with Crippen LogP contribution in [0, 0.1) is 12.8 Å². The molecule has 4 aromatic rings. The molecule has 1 aliphatic rings. The molecule has 43 heavy (non-hydrogen) atoms. The molecule has 0 spiro atoms. The molecule has 5 rings (SSSR count). The van der Waals surface area contributed by atoms with Gasteiger partial charge in [-0.3, -0.25) is 9.59 Å². The predicted molar refractivity (Wildman–Crippen MR) is 174 cm³/mol. The number of benzene rings is 3. The van der Waals surface area contributed by atoms with Crippen LogP contribution in [0.25, 0.3) is 11.3 Å². The summed E-state index contributed by atoms with van der Waals surface area (Å²) >= 11 is 0. The maximum absolute atomic E-state index is 13.0. The molecule has 7 nitrogen and oxygen atoms in total. The first-order valence-electron chi connectivity index (χ1n) is 15.1. The summed E-state index contributed by atoms with van der Waals surface area (Å²) < 4.78 is 0. The minimum atomic E-state index is -0.156. The first kappa shape index (κ1) is 30.0. The lowest BCUT2D eigenvalue weighted by Gasteiger charge is -2.26. The third-order valence-corrected chi connectivity index (χ3v) is 8.28. The minimum Gasteiger partial charge on any atom is -0.349 e. The Labute approximate surface area is 254 Å². The summed E-state index contributed by atoms with van der Waals surface area (Å²) in [6.45, 7) is 10.7. The molecule has 0 aliphatic heterocycles. The summed E-state index contributed by atoms with van der Waals surface area (Å²) in [7, 11) is 0. The molecule has 0 saturated heterocycles. The van der Waals surface area contributed by atoms with E-state index in [0.717, 1.165) is 59.8 Å². The standard InChI is InChI=1S/C36H41N5O2/c1-23-9-17-28(18-10-23)38-33(42)26-13-19-29(20-14-26)39-35-37-22-21-32(41-35)30-7-6-8-31(24(30)2)40-34(43)25-11-15-27(16-12-25)36(3,4)5/h6-8,11-16,19-23,28H,9-10,17-18H2,1-5H3,(H,38,42)(H,40,43)(H,37,39,41). The van der Waals surface area contributed by atoms with Crippen LogP contribution in [0.4, 0.5) is 17.3 Å². The number of aromatic nitrogens is 2. The summed E-state index contributed by atoms with van der Waals surface area (Å²) in [5.41, 5.74) is 6.52. The summed E-state index contributed by atoms with van der Waals surface area (Å²) in [5.74, 6) is 0.999. The summed E-state index contributed by atoms with van der Waals surface area (Å²) in [4.78, 5) is 34.9. The molecular weight excluding hydrogens is 534 g/mol. The zero-order valence-corrected chi connectivity index (χ0v) is 25.7. The average molecular weight is 576 g/mol. The maximum Gasteiger partial charge on any atom is 0.255 e. The minimum absolute atomic E-state index is 0.0262. The predicted octanol–water partition coefficient (Wildman–Crippen LogP) is 8.05. The van der Waals surface area contributed by atoms with E-state index >= 15 is 0 Å². The van der Waals surface area contributed by atoms with Crippen molar-refractivity contribution in [1.29, 1.82) is 0 Å². The van der Waals surface area contributed by atoms with Crippen LogP contribution in [0.5, 0.6) is 0 Å². The van der Waals surface area contributed by atoms with Gasteiger partial charge in [-0.05, 0) is 104 Å². The molecule has 0 atom stereocenters. The average Bonchev–Trinajstić information content (AvgIpc) is 2.99. The van der Waals surface area contributed by atoms with Crippen LogP contribution in [-0.4, -0.2) is 27.8 Å². The number of carbonyl (C=O) groups excluding carboxylic acids is 2. The summed E-state index contributed by atoms with van der Waals surface area (Å²) in [5, 5.41) is 9.48. The number of hydrogen-bond donors (Lipinski definition) is 3. The molecule has 3 N–H and O–H groups in total.